The Morgan fingerprint density at radius 2 is 2.02 bits per heavy atom. The van der Waals surface area contributed by atoms with Crippen LogP contribution in [0.25, 0.3) is 0 Å². The maximum absolute atomic E-state index is 11.7. The molecule has 0 spiro atoms. The highest BCUT2D eigenvalue weighted by atomic mass is 32.2. The zero-order valence-corrected chi connectivity index (χ0v) is 31.1. The van der Waals surface area contributed by atoms with Gasteiger partial charge in [-0.2, -0.15) is 11.8 Å². The minimum absolute atomic E-state index is 0.0680. The van der Waals surface area contributed by atoms with Crippen molar-refractivity contribution in [2.24, 2.45) is 16.9 Å². The second kappa shape index (κ2) is 19.5. The van der Waals surface area contributed by atoms with Gasteiger partial charge in [0.1, 0.15) is 6.29 Å². The van der Waals surface area contributed by atoms with Gasteiger partial charge in [-0.3, -0.25) is 9.78 Å². The number of aldehydes is 1. The van der Waals surface area contributed by atoms with Crippen LogP contribution in [0.15, 0.2) is 36.5 Å². The van der Waals surface area contributed by atoms with Crippen LogP contribution < -0.4 is 26.6 Å². The molecule has 5 atom stereocenters. The van der Waals surface area contributed by atoms with Crippen LogP contribution in [0.1, 0.15) is 95.2 Å². The van der Waals surface area contributed by atoms with E-state index in [-0.39, 0.29) is 29.4 Å². The Labute approximate surface area is 293 Å². The zero-order chi connectivity index (χ0) is 35.3. The first-order chi connectivity index (χ1) is 23.0. The lowest BCUT2D eigenvalue weighted by Crippen LogP contribution is -2.40. The van der Waals surface area contributed by atoms with Crippen molar-refractivity contribution in [3.05, 3.63) is 53.3 Å². The average molecular weight is 685 g/mol. The standard InChI is InChI=1S/C32H46N4O4S.C5H14N2/c1-7-36-29-11-10-24(35-13-14-41-25(18-35)15-23(33)19-37)16-27(29)28(17-32(4,5)20-40-22(3)38)31(36)26-9-8-12-34-30(26)21(2)39-6;1-7-5-3-2-4-6/h8-12,16,19,21,23,25,28,31H,7,13-15,17-18,20,33H2,1-6H3;7H,2-6H2,1H3. The van der Waals surface area contributed by atoms with E-state index in [0.29, 0.717) is 18.3 Å². The average Bonchev–Trinajstić information content (AvgIpc) is 3.39. The van der Waals surface area contributed by atoms with E-state index < -0.39 is 6.04 Å². The van der Waals surface area contributed by atoms with Crippen molar-refractivity contribution < 1.29 is 19.1 Å². The van der Waals surface area contributed by atoms with Gasteiger partial charge < -0.3 is 40.9 Å². The fourth-order valence-electron chi connectivity index (χ4n) is 6.79. The van der Waals surface area contributed by atoms with Crippen LogP contribution in [0, 0.1) is 5.41 Å². The van der Waals surface area contributed by atoms with E-state index in [1.165, 1.54) is 35.8 Å². The molecule has 48 heavy (non-hydrogen) atoms. The molecule has 2 aromatic rings. The normalized spacial score (nSPS) is 20.4. The van der Waals surface area contributed by atoms with E-state index in [2.05, 4.69) is 60.2 Å². The molecule has 0 aliphatic carbocycles. The number of likely N-dealkylation sites (N-methyl/N-ethyl adjacent to an activating group) is 1. The number of hydrogen-bond donors (Lipinski definition) is 3. The Morgan fingerprint density at radius 3 is 2.67 bits per heavy atom. The number of aromatic nitrogens is 1. The molecule has 0 bridgehead atoms. The topological polar surface area (TPSA) is 136 Å². The van der Waals surface area contributed by atoms with Crippen molar-refractivity contribution in [3.63, 3.8) is 0 Å². The minimum atomic E-state index is -0.418. The maximum atomic E-state index is 11.7. The largest absolute Gasteiger partial charge is 0.465 e. The summed E-state index contributed by atoms with van der Waals surface area (Å²) < 4.78 is 11.3. The molecule has 1 fully saturated rings. The second-order valence-electron chi connectivity index (χ2n) is 13.7. The first-order valence-corrected chi connectivity index (χ1v) is 18.5. The van der Waals surface area contributed by atoms with Gasteiger partial charge in [0.15, 0.2) is 0 Å². The Kier molecular flexibility index (Phi) is 16.1. The van der Waals surface area contributed by atoms with Crippen LogP contribution in [-0.4, -0.2) is 87.8 Å². The van der Waals surface area contributed by atoms with Crippen LogP contribution in [-0.2, 0) is 19.1 Å². The van der Waals surface area contributed by atoms with Gasteiger partial charge in [0.2, 0.25) is 0 Å². The van der Waals surface area contributed by atoms with Crippen LogP contribution >= 0.6 is 11.8 Å². The molecule has 5 N–H and O–H groups in total. The van der Waals surface area contributed by atoms with Crippen LogP contribution in [0.3, 0.4) is 0 Å². The minimum Gasteiger partial charge on any atom is -0.465 e. The monoisotopic (exact) mass is 684 g/mol. The molecular formula is C37H60N6O4S. The number of thioether (sulfide) groups is 1. The number of methoxy groups -OCH3 is 1. The predicted molar refractivity (Wildman–Crippen MR) is 199 cm³/mol. The van der Waals surface area contributed by atoms with E-state index >= 15 is 0 Å². The number of esters is 1. The molecule has 0 radical (unpaired) electrons. The molecule has 1 aromatic carbocycles. The number of nitrogens with two attached hydrogens (primary N) is 2. The number of benzene rings is 1. The number of pyridine rings is 1. The number of carbonyl (C=O) groups excluding carboxylic acids is 2. The summed E-state index contributed by atoms with van der Waals surface area (Å²) in [6.07, 6.45) is 6.42. The molecule has 268 valence electrons. The number of ether oxygens (including phenoxy) is 2. The fourth-order valence-corrected chi connectivity index (χ4v) is 8.09. The summed E-state index contributed by atoms with van der Waals surface area (Å²) in [4.78, 5) is 32.6. The van der Waals surface area contributed by atoms with E-state index in [0.717, 1.165) is 63.3 Å². The third-order valence-corrected chi connectivity index (χ3v) is 10.5. The lowest BCUT2D eigenvalue weighted by molar-refractivity contribution is -0.144. The van der Waals surface area contributed by atoms with Crippen molar-refractivity contribution in [2.75, 3.05) is 69.0 Å². The van der Waals surface area contributed by atoms with Gasteiger partial charge in [0, 0.05) is 68.2 Å². The first kappa shape index (κ1) is 39.7. The molecule has 5 unspecified atom stereocenters. The van der Waals surface area contributed by atoms with Crippen LogP contribution in [0.5, 0.6) is 0 Å². The number of rotatable bonds is 16. The third-order valence-electron chi connectivity index (χ3n) is 9.24. The highest BCUT2D eigenvalue weighted by Crippen LogP contribution is 2.54. The number of unbranched alkanes of at least 4 members (excludes halogenated alkanes) is 1. The molecular weight excluding hydrogens is 625 g/mol. The molecule has 10 nitrogen and oxygen atoms in total. The maximum Gasteiger partial charge on any atom is 0.302 e. The highest BCUT2D eigenvalue weighted by Gasteiger charge is 2.43. The van der Waals surface area contributed by atoms with Gasteiger partial charge in [0.05, 0.1) is 30.5 Å². The summed E-state index contributed by atoms with van der Waals surface area (Å²) in [7, 11) is 3.68. The summed E-state index contributed by atoms with van der Waals surface area (Å²) in [6, 6.07) is 10.7. The van der Waals surface area contributed by atoms with Crippen molar-refractivity contribution in [1.82, 2.24) is 10.3 Å². The Balaban J connectivity index is 0.000000804. The van der Waals surface area contributed by atoms with E-state index in [4.69, 9.17) is 25.9 Å². The summed E-state index contributed by atoms with van der Waals surface area (Å²) >= 11 is 1.91. The van der Waals surface area contributed by atoms with Gasteiger partial charge in [-0.15, -0.1) is 0 Å². The van der Waals surface area contributed by atoms with Crippen LogP contribution in [0.2, 0.25) is 0 Å². The van der Waals surface area contributed by atoms with Gasteiger partial charge >= 0.3 is 5.97 Å². The molecule has 0 saturated carbocycles. The number of carbonyl (C=O) groups is 2. The van der Waals surface area contributed by atoms with Gasteiger partial charge in [-0.1, -0.05) is 19.9 Å². The number of fused-ring (bicyclic) bond motifs is 1. The Morgan fingerprint density at radius 1 is 1.25 bits per heavy atom. The van der Waals surface area contributed by atoms with E-state index in [9.17, 15) is 9.59 Å². The number of nitrogens with zero attached hydrogens (tertiary/aromatic N) is 3. The van der Waals surface area contributed by atoms with E-state index in [1.54, 1.807) is 7.11 Å². The third kappa shape index (κ3) is 10.9. The Bertz CT molecular complexity index is 1290. The molecule has 4 rings (SSSR count). The quantitative estimate of drug-likeness (QED) is 0.122. The van der Waals surface area contributed by atoms with Gasteiger partial charge in [-0.05, 0) is 100 Å². The summed E-state index contributed by atoms with van der Waals surface area (Å²) in [5, 5.41) is 3.37. The zero-order valence-electron chi connectivity index (χ0n) is 30.2. The van der Waals surface area contributed by atoms with Crippen LogP contribution in [0.4, 0.5) is 11.4 Å². The second-order valence-corrected chi connectivity index (χ2v) is 15.1. The number of nitrogens with one attached hydrogen (secondary N) is 1. The lowest BCUT2D eigenvalue weighted by atomic mass is 9.76. The van der Waals surface area contributed by atoms with E-state index in [1.807, 2.05) is 38.0 Å². The predicted octanol–water partition coefficient (Wildman–Crippen LogP) is 5.22. The summed E-state index contributed by atoms with van der Waals surface area (Å²) in [5.74, 6) is 0.902. The molecule has 2 aliphatic rings. The SMILES string of the molecule is CCN1c2ccc(N3CCSC(CC(N)C=O)C3)cc2C(CC(C)(C)COC(C)=O)C1c1cccnc1C(C)OC.CNCCCCN. The Hall–Kier alpha value is -2.70. The number of anilines is 2. The van der Waals surface area contributed by atoms with Crippen molar-refractivity contribution in [1.29, 1.82) is 0 Å². The summed E-state index contributed by atoms with van der Waals surface area (Å²) in [5.41, 5.74) is 16.9. The van der Waals surface area contributed by atoms with Gasteiger partial charge in [0.25, 0.3) is 0 Å². The van der Waals surface area contributed by atoms with Gasteiger partial charge in [-0.25, -0.2) is 0 Å². The first-order valence-electron chi connectivity index (χ1n) is 17.4. The highest BCUT2D eigenvalue weighted by molar-refractivity contribution is 8.00. The number of hydrogen-bond acceptors (Lipinski definition) is 11. The smallest absolute Gasteiger partial charge is 0.302 e. The van der Waals surface area contributed by atoms with Crippen molar-refractivity contribution in [3.8, 4) is 0 Å². The molecule has 0 amide bonds. The molecule has 2 aliphatic heterocycles. The van der Waals surface area contributed by atoms with Crippen molar-refractivity contribution >= 4 is 35.4 Å². The molecule has 3 heterocycles. The lowest BCUT2D eigenvalue weighted by Gasteiger charge is -2.35. The molecule has 1 saturated heterocycles. The molecule has 11 heteroatoms. The van der Waals surface area contributed by atoms with Crippen molar-refractivity contribution in [2.45, 2.75) is 89.7 Å². The fraction of sp³-hybridized carbons (Fsp3) is 0.649. The molecule has 1 aromatic heterocycles. The summed E-state index contributed by atoms with van der Waals surface area (Å²) in [6.45, 7) is 15.0.